The number of nitrogens with one attached hydrogen (secondary N) is 1. The van der Waals surface area contributed by atoms with Crippen molar-refractivity contribution in [1.82, 2.24) is 10.2 Å². The van der Waals surface area contributed by atoms with Crippen molar-refractivity contribution in [2.45, 2.75) is 46.1 Å². The fourth-order valence-corrected chi connectivity index (χ4v) is 1.92. The van der Waals surface area contributed by atoms with Crippen LogP contribution in [-0.4, -0.2) is 35.8 Å². The maximum atomic E-state index is 11.6. The van der Waals surface area contributed by atoms with E-state index in [-0.39, 0.29) is 24.4 Å². The molecule has 0 aromatic rings. The summed E-state index contributed by atoms with van der Waals surface area (Å²) in [6, 6.07) is -0.305. The largest absolute Gasteiger partial charge is 0.345 e. The molecule has 2 amide bonds. The number of hydrogen-bond donors (Lipinski definition) is 1. The van der Waals surface area contributed by atoms with Crippen LogP contribution in [0.15, 0.2) is 0 Å². The molecule has 1 fully saturated rings. The number of nitrogens with zero attached hydrogens (tertiary/aromatic N) is 1. The van der Waals surface area contributed by atoms with Gasteiger partial charge in [-0.1, -0.05) is 26.7 Å². The van der Waals surface area contributed by atoms with Crippen LogP contribution in [0.25, 0.3) is 0 Å². The third-order valence-corrected chi connectivity index (χ3v) is 3.01. The first-order chi connectivity index (χ1) is 7.52. The van der Waals surface area contributed by atoms with Crippen molar-refractivity contribution in [2.75, 3.05) is 13.1 Å². The molecule has 0 aromatic heterocycles. The van der Waals surface area contributed by atoms with E-state index in [1.54, 1.807) is 11.8 Å². The van der Waals surface area contributed by atoms with Gasteiger partial charge in [0, 0.05) is 6.54 Å². The second-order valence-electron chi connectivity index (χ2n) is 4.87. The van der Waals surface area contributed by atoms with Gasteiger partial charge in [0.1, 0.15) is 6.04 Å². The van der Waals surface area contributed by atoms with Gasteiger partial charge in [0.05, 0.1) is 6.54 Å². The van der Waals surface area contributed by atoms with Gasteiger partial charge in [-0.2, -0.15) is 0 Å². The fourth-order valence-electron chi connectivity index (χ4n) is 1.92. The average Bonchev–Trinajstić information content (AvgIpc) is 2.22. The zero-order chi connectivity index (χ0) is 12.1. The van der Waals surface area contributed by atoms with E-state index >= 15 is 0 Å². The van der Waals surface area contributed by atoms with Gasteiger partial charge in [-0.3, -0.25) is 9.59 Å². The molecule has 0 aliphatic carbocycles. The minimum Gasteiger partial charge on any atom is -0.345 e. The molecular formula is C12H22N2O2. The first kappa shape index (κ1) is 13.0. The molecule has 0 radical (unpaired) electrons. The van der Waals surface area contributed by atoms with E-state index in [0.29, 0.717) is 12.5 Å². The lowest BCUT2D eigenvalue weighted by atomic mass is 10.1. The molecule has 1 unspecified atom stereocenters. The Bertz CT molecular complexity index is 264. The predicted octanol–water partition coefficient (Wildman–Crippen LogP) is 1.16. The van der Waals surface area contributed by atoms with Gasteiger partial charge in [-0.05, 0) is 19.3 Å². The lowest BCUT2D eigenvalue weighted by molar-refractivity contribution is -0.144. The highest BCUT2D eigenvalue weighted by molar-refractivity contribution is 5.94. The lowest BCUT2D eigenvalue weighted by Crippen LogP contribution is -2.57. The van der Waals surface area contributed by atoms with Crippen molar-refractivity contribution < 1.29 is 9.59 Å². The summed E-state index contributed by atoms with van der Waals surface area (Å²) < 4.78 is 0. The molecule has 1 heterocycles. The Labute approximate surface area is 97.4 Å². The van der Waals surface area contributed by atoms with Crippen LogP contribution in [0, 0.1) is 5.92 Å². The van der Waals surface area contributed by atoms with Crippen molar-refractivity contribution >= 4 is 11.8 Å². The van der Waals surface area contributed by atoms with Crippen molar-refractivity contribution in [1.29, 1.82) is 0 Å². The number of carbonyl (C=O) groups excluding carboxylic acids is 2. The molecule has 1 aliphatic heterocycles. The lowest BCUT2D eigenvalue weighted by Gasteiger charge is -2.32. The smallest absolute Gasteiger partial charge is 0.242 e. The van der Waals surface area contributed by atoms with E-state index in [1.165, 1.54) is 6.42 Å². The molecule has 0 spiro atoms. The number of piperazine rings is 1. The van der Waals surface area contributed by atoms with Crippen LogP contribution in [-0.2, 0) is 9.59 Å². The molecule has 92 valence electrons. The van der Waals surface area contributed by atoms with Gasteiger partial charge >= 0.3 is 0 Å². The van der Waals surface area contributed by atoms with Crippen molar-refractivity contribution in [3.8, 4) is 0 Å². The number of rotatable bonds is 5. The summed E-state index contributed by atoms with van der Waals surface area (Å²) in [7, 11) is 0. The topological polar surface area (TPSA) is 49.4 Å². The molecule has 0 bridgehead atoms. The summed E-state index contributed by atoms with van der Waals surface area (Å²) in [5.74, 6) is 0.706. The van der Waals surface area contributed by atoms with E-state index in [4.69, 9.17) is 0 Å². The monoisotopic (exact) mass is 226 g/mol. The van der Waals surface area contributed by atoms with Gasteiger partial charge in [0.25, 0.3) is 0 Å². The summed E-state index contributed by atoms with van der Waals surface area (Å²) in [6.45, 7) is 7.05. The van der Waals surface area contributed by atoms with Gasteiger partial charge in [0.2, 0.25) is 11.8 Å². The van der Waals surface area contributed by atoms with Crippen LogP contribution in [0.1, 0.15) is 40.0 Å². The molecule has 4 heteroatoms. The Hall–Kier alpha value is -1.06. The van der Waals surface area contributed by atoms with Crippen molar-refractivity contribution in [3.63, 3.8) is 0 Å². The quantitative estimate of drug-likeness (QED) is 0.715. The summed E-state index contributed by atoms with van der Waals surface area (Å²) in [4.78, 5) is 24.7. The summed E-state index contributed by atoms with van der Waals surface area (Å²) in [6.07, 6.45) is 3.29. The molecule has 1 rings (SSSR count). The van der Waals surface area contributed by atoms with Crippen LogP contribution in [0.5, 0.6) is 0 Å². The number of hydrogen-bond acceptors (Lipinski definition) is 2. The molecular weight excluding hydrogens is 204 g/mol. The van der Waals surface area contributed by atoms with Crippen LogP contribution in [0.4, 0.5) is 0 Å². The zero-order valence-corrected chi connectivity index (χ0v) is 10.5. The van der Waals surface area contributed by atoms with Gasteiger partial charge in [-0.15, -0.1) is 0 Å². The van der Waals surface area contributed by atoms with E-state index in [0.717, 1.165) is 12.8 Å². The average molecular weight is 226 g/mol. The van der Waals surface area contributed by atoms with Crippen LogP contribution in [0.3, 0.4) is 0 Å². The molecule has 0 aromatic carbocycles. The summed E-state index contributed by atoms with van der Waals surface area (Å²) in [5.41, 5.74) is 0. The molecule has 1 N–H and O–H groups in total. The standard InChI is InChI=1S/C12H22N2O2/c1-9(2)6-4-5-7-14-10(3)12(16)13-8-11(14)15/h9-10H,4-8H2,1-3H3,(H,13,16). The zero-order valence-electron chi connectivity index (χ0n) is 10.5. The van der Waals surface area contributed by atoms with Crippen LogP contribution >= 0.6 is 0 Å². The highest BCUT2D eigenvalue weighted by Crippen LogP contribution is 2.10. The molecule has 1 aliphatic rings. The first-order valence-corrected chi connectivity index (χ1v) is 6.09. The van der Waals surface area contributed by atoms with Crippen molar-refractivity contribution in [2.24, 2.45) is 5.92 Å². The third-order valence-electron chi connectivity index (χ3n) is 3.01. The van der Waals surface area contributed by atoms with E-state index in [2.05, 4.69) is 19.2 Å². The minimum absolute atomic E-state index is 0.0385. The van der Waals surface area contributed by atoms with Gasteiger partial charge < -0.3 is 10.2 Å². The summed E-state index contributed by atoms with van der Waals surface area (Å²) >= 11 is 0. The Morgan fingerprint density at radius 3 is 2.69 bits per heavy atom. The Balaban J connectivity index is 2.33. The SMILES string of the molecule is CC(C)CCCCN1C(=O)CNC(=O)C1C. The van der Waals surface area contributed by atoms with Crippen LogP contribution < -0.4 is 5.32 Å². The maximum absolute atomic E-state index is 11.6. The van der Waals surface area contributed by atoms with Gasteiger partial charge in [-0.25, -0.2) is 0 Å². The van der Waals surface area contributed by atoms with Gasteiger partial charge in [0.15, 0.2) is 0 Å². The Morgan fingerprint density at radius 2 is 2.06 bits per heavy atom. The molecule has 0 saturated carbocycles. The molecule has 16 heavy (non-hydrogen) atoms. The fraction of sp³-hybridized carbons (Fsp3) is 0.833. The maximum Gasteiger partial charge on any atom is 0.242 e. The van der Waals surface area contributed by atoms with E-state index < -0.39 is 0 Å². The third kappa shape index (κ3) is 3.51. The molecule has 4 nitrogen and oxygen atoms in total. The number of amides is 2. The molecule has 1 atom stereocenters. The first-order valence-electron chi connectivity index (χ1n) is 6.09. The molecule has 1 saturated heterocycles. The predicted molar refractivity (Wildman–Crippen MR) is 62.9 cm³/mol. The summed E-state index contributed by atoms with van der Waals surface area (Å²) in [5, 5.41) is 2.59. The Kier molecular flexibility index (Phi) is 4.77. The number of unbranched alkanes of at least 4 members (excludes halogenated alkanes) is 1. The van der Waals surface area contributed by atoms with Crippen molar-refractivity contribution in [3.05, 3.63) is 0 Å². The van der Waals surface area contributed by atoms with E-state index in [9.17, 15) is 9.59 Å². The normalized spacial score (nSPS) is 21.5. The highest BCUT2D eigenvalue weighted by atomic mass is 16.2. The van der Waals surface area contributed by atoms with Crippen LogP contribution in [0.2, 0.25) is 0 Å². The number of carbonyl (C=O) groups is 2. The second kappa shape index (κ2) is 5.87. The van der Waals surface area contributed by atoms with E-state index in [1.807, 2.05) is 0 Å². The highest BCUT2D eigenvalue weighted by Gasteiger charge is 2.29. The minimum atomic E-state index is -0.305. The second-order valence-corrected chi connectivity index (χ2v) is 4.87. The Morgan fingerprint density at radius 1 is 1.38 bits per heavy atom.